The maximum Gasteiger partial charge on any atom is 0.0713 e. The van der Waals surface area contributed by atoms with Crippen molar-refractivity contribution in [3.8, 4) is 0 Å². The summed E-state index contributed by atoms with van der Waals surface area (Å²) in [4.78, 5) is 0. The fourth-order valence-electron chi connectivity index (χ4n) is 0.780. The molecule has 76 valence electrons. The van der Waals surface area contributed by atoms with Crippen LogP contribution >= 0.6 is 0 Å². The Balaban J connectivity index is 0. The molecule has 12 heavy (non-hydrogen) atoms. The smallest absolute Gasteiger partial charge is 0.0713 e. The second-order valence-corrected chi connectivity index (χ2v) is 4.95. The van der Waals surface area contributed by atoms with Crippen LogP contribution in [0.25, 0.3) is 0 Å². The molecule has 0 aliphatic heterocycles. The Bertz CT molecular complexity index is 89.1. The third-order valence-electron chi connectivity index (χ3n) is 1.19. The highest BCUT2D eigenvalue weighted by Crippen LogP contribution is 2.04. The molecule has 4 heteroatoms. The Kier molecular flexibility index (Phi) is 11.2. The van der Waals surface area contributed by atoms with E-state index in [1.54, 1.807) is 0 Å². The molecule has 0 amide bonds. The SMILES string of the molecule is CCOCC(C)([SiH3])OCC.CN. The fraction of sp³-hybridized carbons (Fsp3) is 1.00. The maximum absolute atomic E-state index is 5.47. The molecule has 0 aliphatic rings. The van der Waals surface area contributed by atoms with Gasteiger partial charge >= 0.3 is 0 Å². The van der Waals surface area contributed by atoms with Crippen molar-refractivity contribution in [1.82, 2.24) is 0 Å². The van der Waals surface area contributed by atoms with E-state index in [9.17, 15) is 0 Å². The normalized spacial score (nSPS) is 14.8. The Morgan fingerprint density at radius 2 is 1.75 bits per heavy atom. The van der Waals surface area contributed by atoms with Gasteiger partial charge in [0, 0.05) is 23.5 Å². The third kappa shape index (κ3) is 10.1. The summed E-state index contributed by atoms with van der Waals surface area (Å²) in [5.41, 5.74) is 4.50. The molecule has 0 aliphatic carbocycles. The lowest BCUT2D eigenvalue weighted by Crippen LogP contribution is -2.34. The molecule has 2 N–H and O–H groups in total. The second-order valence-electron chi connectivity index (χ2n) is 2.83. The summed E-state index contributed by atoms with van der Waals surface area (Å²) in [7, 11) is 2.52. The zero-order valence-corrected chi connectivity index (χ0v) is 11.0. The van der Waals surface area contributed by atoms with Crippen LogP contribution in [0.15, 0.2) is 0 Å². The van der Waals surface area contributed by atoms with Crippen LogP contribution in [-0.2, 0) is 9.47 Å². The lowest BCUT2D eigenvalue weighted by Gasteiger charge is -2.23. The fourth-order valence-corrected chi connectivity index (χ4v) is 1.27. The summed E-state index contributed by atoms with van der Waals surface area (Å²) < 4.78 is 10.7. The van der Waals surface area contributed by atoms with E-state index < -0.39 is 0 Å². The average molecular weight is 193 g/mol. The van der Waals surface area contributed by atoms with Crippen LogP contribution in [0.2, 0.25) is 0 Å². The minimum Gasteiger partial charge on any atom is -0.379 e. The standard InChI is InChI=1S/C7H18O2Si.CH5N/c1-4-8-6-7(3,10)9-5-2;1-2/h4-6H2,1-3,10H3;2H2,1H3. The van der Waals surface area contributed by atoms with Gasteiger partial charge in [0.05, 0.1) is 11.8 Å². The topological polar surface area (TPSA) is 44.5 Å². The molecule has 0 radical (unpaired) electrons. The largest absolute Gasteiger partial charge is 0.379 e. The number of rotatable bonds is 5. The molecule has 0 spiro atoms. The van der Waals surface area contributed by atoms with E-state index in [1.807, 2.05) is 13.8 Å². The van der Waals surface area contributed by atoms with Gasteiger partial charge in [0.2, 0.25) is 0 Å². The molecule has 0 saturated heterocycles. The predicted molar refractivity (Wildman–Crippen MR) is 56.6 cm³/mol. The first kappa shape index (κ1) is 14.6. The molecule has 0 fully saturated rings. The van der Waals surface area contributed by atoms with Crippen molar-refractivity contribution in [3.05, 3.63) is 0 Å². The minimum absolute atomic E-state index is 0.0186. The van der Waals surface area contributed by atoms with Crippen molar-refractivity contribution in [1.29, 1.82) is 0 Å². The second kappa shape index (κ2) is 9.19. The van der Waals surface area contributed by atoms with Crippen molar-refractivity contribution >= 4 is 10.2 Å². The highest BCUT2D eigenvalue weighted by Gasteiger charge is 2.16. The van der Waals surface area contributed by atoms with Gasteiger partial charge in [-0.05, 0) is 27.8 Å². The summed E-state index contributed by atoms with van der Waals surface area (Å²) in [6, 6.07) is 0. The van der Waals surface area contributed by atoms with Crippen molar-refractivity contribution in [2.75, 3.05) is 26.9 Å². The van der Waals surface area contributed by atoms with Gasteiger partial charge in [-0.15, -0.1) is 0 Å². The zero-order valence-electron chi connectivity index (χ0n) is 9.02. The van der Waals surface area contributed by atoms with Gasteiger partial charge < -0.3 is 15.2 Å². The van der Waals surface area contributed by atoms with Crippen LogP contribution in [-0.4, -0.2) is 42.3 Å². The Morgan fingerprint density at radius 3 is 2.08 bits per heavy atom. The van der Waals surface area contributed by atoms with E-state index in [-0.39, 0.29) is 5.22 Å². The van der Waals surface area contributed by atoms with E-state index >= 15 is 0 Å². The molecule has 0 heterocycles. The third-order valence-corrected chi connectivity index (χ3v) is 1.77. The summed E-state index contributed by atoms with van der Waals surface area (Å²) >= 11 is 0. The van der Waals surface area contributed by atoms with E-state index in [1.165, 1.54) is 7.05 Å². The quantitative estimate of drug-likeness (QED) is 0.611. The summed E-state index contributed by atoms with van der Waals surface area (Å²) in [6.45, 7) is 8.42. The molecule has 1 unspecified atom stereocenters. The summed E-state index contributed by atoms with van der Waals surface area (Å²) in [5, 5.41) is 0.0186. The summed E-state index contributed by atoms with van der Waals surface area (Å²) in [6.07, 6.45) is 0. The Labute approximate surface area is 79.0 Å². The van der Waals surface area contributed by atoms with E-state index in [0.717, 1.165) is 30.1 Å². The van der Waals surface area contributed by atoms with E-state index in [4.69, 9.17) is 9.47 Å². The van der Waals surface area contributed by atoms with Crippen molar-refractivity contribution in [2.24, 2.45) is 5.73 Å². The molecule has 0 bridgehead atoms. The molecular formula is C8H23NO2Si. The first-order chi connectivity index (χ1) is 5.62. The zero-order chi connectivity index (χ0) is 10.0. The monoisotopic (exact) mass is 193 g/mol. The molecule has 0 saturated carbocycles. The lowest BCUT2D eigenvalue weighted by atomic mass is 10.4. The van der Waals surface area contributed by atoms with Crippen LogP contribution < -0.4 is 5.73 Å². The molecular weight excluding hydrogens is 170 g/mol. The molecule has 0 rings (SSSR count). The molecule has 0 aromatic carbocycles. The van der Waals surface area contributed by atoms with Crippen molar-refractivity contribution in [3.63, 3.8) is 0 Å². The lowest BCUT2D eigenvalue weighted by molar-refractivity contribution is -0.0265. The highest BCUT2D eigenvalue weighted by molar-refractivity contribution is 6.14. The highest BCUT2D eigenvalue weighted by atomic mass is 28.1. The van der Waals surface area contributed by atoms with Crippen LogP contribution in [0, 0.1) is 0 Å². The van der Waals surface area contributed by atoms with E-state index in [2.05, 4.69) is 12.7 Å². The average Bonchev–Trinajstić information content (AvgIpc) is 2.05. The molecule has 3 nitrogen and oxygen atoms in total. The van der Waals surface area contributed by atoms with Crippen molar-refractivity contribution in [2.45, 2.75) is 26.0 Å². The van der Waals surface area contributed by atoms with Gasteiger partial charge in [0.15, 0.2) is 0 Å². The first-order valence-corrected chi connectivity index (χ1v) is 5.42. The number of nitrogens with two attached hydrogens (primary N) is 1. The first-order valence-electron chi connectivity index (χ1n) is 4.42. The van der Waals surface area contributed by atoms with Crippen LogP contribution in [0.3, 0.4) is 0 Å². The summed E-state index contributed by atoms with van der Waals surface area (Å²) in [5.74, 6) is 0. The number of hydrogen-bond acceptors (Lipinski definition) is 3. The molecule has 0 aromatic rings. The maximum atomic E-state index is 5.47. The van der Waals surface area contributed by atoms with Crippen LogP contribution in [0.5, 0.6) is 0 Å². The minimum atomic E-state index is 0.0186. The van der Waals surface area contributed by atoms with Gasteiger partial charge in [-0.3, -0.25) is 0 Å². The van der Waals surface area contributed by atoms with Gasteiger partial charge in [-0.25, -0.2) is 0 Å². The van der Waals surface area contributed by atoms with Gasteiger partial charge in [-0.1, -0.05) is 0 Å². The molecule has 0 aromatic heterocycles. The predicted octanol–water partition coefficient (Wildman–Crippen LogP) is -0.284. The van der Waals surface area contributed by atoms with Crippen LogP contribution in [0.1, 0.15) is 20.8 Å². The number of ether oxygens (including phenoxy) is 2. The van der Waals surface area contributed by atoms with Gasteiger partial charge in [0.1, 0.15) is 0 Å². The molecule has 1 atom stereocenters. The van der Waals surface area contributed by atoms with Crippen LogP contribution in [0.4, 0.5) is 0 Å². The number of hydrogen-bond donors (Lipinski definition) is 1. The van der Waals surface area contributed by atoms with Gasteiger partial charge in [0.25, 0.3) is 0 Å². The Hall–Kier alpha value is 0.0969. The van der Waals surface area contributed by atoms with Crippen molar-refractivity contribution < 1.29 is 9.47 Å². The van der Waals surface area contributed by atoms with Gasteiger partial charge in [-0.2, -0.15) is 0 Å². The Morgan fingerprint density at radius 1 is 1.25 bits per heavy atom. The van der Waals surface area contributed by atoms with E-state index in [0.29, 0.717) is 0 Å².